The number of anilines is 1. The molecule has 0 saturated carbocycles. The summed E-state index contributed by atoms with van der Waals surface area (Å²) in [6.45, 7) is 2.82. The largest absolute Gasteiger partial charge is 0.435 e. The van der Waals surface area contributed by atoms with Crippen LogP contribution in [0.2, 0.25) is 0 Å². The van der Waals surface area contributed by atoms with E-state index in [1.807, 2.05) is 4.90 Å². The molecule has 2 aliphatic heterocycles. The number of hydrogen-bond donors (Lipinski definition) is 0. The summed E-state index contributed by atoms with van der Waals surface area (Å²) in [5.41, 5.74) is -0.516. The number of ether oxygens (including phenoxy) is 1. The fourth-order valence-corrected chi connectivity index (χ4v) is 4.18. The van der Waals surface area contributed by atoms with Crippen molar-refractivity contribution in [3.63, 3.8) is 0 Å². The molecule has 0 amide bonds. The fourth-order valence-electron chi connectivity index (χ4n) is 4.18. The van der Waals surface area contributed by atoms with Gasteiger partial charge in [-0.1, -0.05) is 5.16 Å². The monoisotopic (exact) mass is 480 g/mol. The minimum absolute atomic E-state index is 0.0164. The van der Waals surface area contributed by atoms with E-state index in [2.05, 4.69) is 20.5 Å². The van der Waals surface area contributed by atoms with Gasteiger partial charge in [-0.05, 0) is 31.9 Å². The Morgan fingerprint density at radius 2 is 2.03 bits per heavy atom. The lowest BCUT2D eigenvalue weighted by Crippen LogP contribution is -2.65. The third-order valence-corrected chi connectivity index (χ3v) is 6.15. The molecule has 34 heavy (non-hydrogen) atoms. The van der Waals surface area contributed by atoms with Gasteiger partial charge in [0.15, 0.2) is 5.69 Å². The molecule has 5 rings (SSSR count). The molecule has 0 N–H and O–H groups in total. The van der Waals surface area contributed by atoms with Crippen LogP contribution in [0.1, 0.15) is 29.9 Å². The van der Waals surface area contributed by atoms with E-state index in [1.165, 1.54) is 10.7 Å². The van der Waals surface area contributed by atoms with E-state index in [1.54, 1.807) is 13.1 Å². The van der Waals surface area contributed by atoms with Crippen LogP contribution in [0.3, 0.4) is 0 Å². The van der Waals surface area contributed by atoms with Gasteiger partial charge >= 0.3 is 6.18 Å². The molecule has 5 heterocycles. The Kier molecular flexibility index (Phi) is 5.38. The normalized spacial score (nSPS) is 19.9. The molecule has 13 heteroatoms. The molecule has 0 bridgehead atoms. The van der Waals surface area contributed by atoms with Crippen molar-refractivity contribution in [1.82, 2.24) is 25.1 Å². The summed E-state index contributed by atoms with van der Waals surface area (Å²) in [4.78, 5) is 14.7. The van der Waals surface area contributed by atoms with Crippen molar-refractivity contribution in [2.45, 2.75) is 44.3 Å². The summed E-state index contributed by atoms with van der Waals surface area (Å²) < 4.78 is 63.7. The second kappa shape index (κ2) is 8.15. The Hall–Kier alpha value is -3.35. The molecule has 0 aliphatic carbocycles. The van der Waals surface area contributed by atoms with Crippen molar-refractivity contribution < 1.29 is 26.8 Å². The van der Waals surface area contributed by atoms with E-state index in [4.69, 9.17) is 9.26 Å². The Morgan fingerprint density at radius 1 is 1.24 bits per heavy atom. The van der Waals surface area contributed by atoms with Gasteiger partial charge in [-0.3, -0.25) is 4.79 Å². The van der Waals surface area contributed by atoms with Crippen molar-refractivity contribution in [2.24, 2.45) is 0 Å². The number of hydrogen-bond acceptors (Lipinski definition) is 8. The van der Waals surface area contributed by atoms with Crippen LogP contribution in [-0.2, 0) is 17.5 Å². The van der Waals surface area contributed by atoms with E-state index in [-0.39, 0.29) is 35.7 Å². The molecule has 9 nitrogen and oxygen atoms in total. The van der Waals surface area contributed by atoms with Crippen LogP contribution in [0.5, 0.6) is 0 Å². The Balaban J connectivity index is 1.32. The van der Waals surface area contributed by atoms with Crippen molar-refractivity contribution in [3.05, 3.63) is 51.8 Å². The minimum atomic E-state index is -4.61. The molecule has 180 valence electrons. The summed E-state index contributed by atoms with van der Waals surface area (Å²) in [5.74, 6) is 0.375. The summed E-state index contributed by atoms with van der Waals surface area (Å²) >= 11 is 0. The quantitative estimate of drug-likeness (QED) is 0.526. The molecular formula is C21H20F4N6O3. The van der Waals surface area contributed by atoms with E-state index in [9.17, 15) is 22.4 Å². The molecule has 0 radical (unpaired) electrons. The molecule has 1 spiro atoms. The maximum Gasteiger partial charge on any atom is 0.435 e. The molecule has 3 aromatic heterocycles. The van der Waals surface area contributed by atoms with Gasteiger partial charge in [0.05, 0.1) is 25.0 Å². The molecular weight excluding hydrogens is 460 g/mol. The highest BCUT2D eigenvalue weighted by Crippen LogP contribution is 2.37. The van der Waals surface area contributed by atoms with Crippen molar-refractivity contribution >= 4 is 5.69 Å². The third kappa shape index (κ3) is 4.15. The van der Waals surface area contributed by atoms with Gasteiger partial charge < -0.3 is 14.2 Å². The molecule has 3 aromatic rings. The number of aromatic nitrogens is 5. The van der Waals surface area contributed by atoms with Crippen molar-refractivity contribution in [3.8, 4) is 11.4 Å². The predicted molar refractivity (Wildman–Crippen MR) is 110 cm³/mol. The second-order valence-corrected chi connectivity index (χ2v) is 8.56. The summed E-state index contributed by atoms with van der Waals surface area (Å²) in [6.07, 6.45) is -2.88. The van der Waals surface area contributed by atoms with Gasteiger partial charge in [-0.15, -0.1) is 10.2 Å². The first-order valence-corrected chi connectivity index (χ1v) is 10.6. The average Bonchev–Trinajstić information content (AvgIpc) is 3.14. The van der Waals surface area contributed by atoms with Crippen molar-refractivity contribution in [2.75, 3.05) is 24.6 Å². The van der Waals surface area contributed by atoms with Crippen LogP contribution in [0, 0.1) is 6.92 Å². The first-order valence-electron chi connectivity index (χ1n) is 10.6. The third-order valence-electron chi connectivity index (χ3n) is 6.15. The highest BCUT2D eigenvalue weighted by molar-refractivity contribution is 5.58. The van der Waals surface area contributed by atoms with Gasteiger partial charge in [0, 0.05) is 24.7 Å². The van der Waals surface area contributed by atoms with Gasteiger partial charge in [-0.2, -0.15) is 18.3 Å². The number of halogens is 4. The van der Waals surface area contributed by atoms with E-state index in [0.29, 0.717) is 42.9 Å². The van der Waals surface area contributed by atoms with Gasteiger partial charge in [0.1, 0.15) is 28.9 Å². The van der Waals surface area contributed by atoms with Gasteiger partial charge in [-0.25, -0.2) is 9.07 Å². The number of rotatable bonds is 4. The summed E-state index contributed by atoms with van der Waals surface area (Å²) in [7, 11) is 0. The highest BCUT2D eigenvalue weighted by Gasteiger charge is 2.47. The molecule has 2 fully saturated rings. The molecule has 1 atom stereocenters. The Bertz CT molecular complexity index is 1240. The van der Waals surface area contributed by atoms with E-state index >= 15 is 0 Å². The second-order valence-electron chi connectivity index (χ2n) is 8.56. The topological polar surface area (TPSA) is 99.2 Å². The molecule has 2 saturated heterocycles. The molecule has 0 unspecified atom stereocenters. The maximum atomic E-state index is 13.3. The van der Waals surface area contributed by atoms with E-state index < -0.39 is 18.0 Å². The van der Waals surface area contributed by atoms with Crippen LogP contribution in [0.4, 0.5) is 23.2 Å². The van der Waals surface area contributed by atoms with Crippen LogP contribution < -0.4 is 10.5 Å². The zero-order chi connectivity index (χ0) is 24.1. The Labute approximate surface area is 190 Å². The van der Waals surface area contributed by atoms with Crippen molar-refractivity contribution in [1.29, 1.82) is 0 Å². The van der Waals surface area contributed by atoms with Crippen LogP contribution >= 0.6 is 0 Å². The standard InChI is InChI=1S/C21H20F4N6O3/c1-12-15(19(29-34-12)16-2-3-17(28-27-16)21(23,24)25)8-31-18(32)6-14(7-26-31)30-10-20(11-30)5-4-13(22)9-33-20/h2-3,6-7,13H,4-5,8-11H2,1H3/t13-/m1/s1. The van der Waals surface area contributed by atoms with Gasteiger partial charge in [0.2, 0.25) is 0 Å². The molecule has 2 aliphatic rings. The number of alkyl halides is 4. The average molecular weight is 480 g/mol. The molecule has 0 aromatic carbocycles. The van der Waals surface area contributed by atoms with Crippen LogP contribution in [-0.4, -0.2) is 56.6 Å². The van der Waals surface area contributed by atoms with E-state index in [0.717, 1.165) is 12.1 Å². The fraction of sp³-hybridized carbons (Fsp3) is 0.476. The first-order chi connectivity index (χ1) is 16.1. The lowest BCUT2D eigenvalue weighted by Gasteiger charge is -2.52. The lowest BCUT2D eigenvalue weighted by atomic mass is 9.85. The predicted octanol–water partition coefficient (Wildman–Crippen LogP) is 2.77. The highest BCUT2D eigenvalue weighted by atomic mass is 19.4. The first kappa shape index (κ1) is 22.4. The maximum absolute atomic E-state index is 13.3. The Morgan fingerprint density at radius 3 is 2.65 bits per heavy atom. The number of aryl methyl sites for hydroxylation is 1. The summed E-state index contributed by atoms with van der Waals surface area (Å²) in [6, 6.07) is 3.40. The number of nitrogens with zero attached hydrogens (tertiary/aromatic N) is 6. The van der Waals surface area contributed by atoms with Crippen LogP contribution in [0.25, 0.3) is 11.4 Å². The zero-order valence-electron chi connectivity index (χ0n) is 18.0. The minimum Gasteiger partial charge on any atom is -0.368 e. The SMILES string of the molecule is Cc1onc(-c2ccc(C(F)(F)F)nn2)c1Cn1ncc(N2CC3(CC[C@@H](F)CO3)C2)cc1=O. The summed E-state index contributed by atoms with van der Waals surface area (Å²) in [5, 5.41) is 14.9. The lowest BCUT2D eigenvalue weighted by molar-refractivity contribution is -0.141. The smallest absolute Gasteiger partial charge is 0.368 e. The van der Waals surface area contributed by atoms with Crippen LogP contribution in [0.15, 0.2) is 33.7 Å². The zero-order valence-corrected chi connectivity index (χ0v) is 18.0. The van der Waals surface area contributed by atoms with Gasteiger partial charge in [0.25, 0.3) is 5.56 Å².